The maximum atomic E-state index is 6.17. The van der Waals surface area contributed by atoms with Gasteiger partial charge in [0.25, 0.3) is 0 Å². The van der Waals surface area contributed by atoms with Gasteiger partial charge in [-0.25, -0.2) is 0 Å². The van der Waals surface area contributed by atoms with E-state index in [1.165, 1.54) is 43.3 Å². The van der Waals surface area contributed by atoms with Crippen molar-refractivity contribution in [3.05, 3.63) is 35.9 Å². The quantitative estimate of drug-likeness (QED) is 0.397. The summed E-state index contributed by atoms with van der Waals surface area (Å²) in [6, 6.07) is 13.4. The molecule has 2 heteroatoms. The molecule has 0 amide bonds. The summed E-state index contributed by atoms with van der Waals surface area (Å²) in [6.07, 6.45) is 7.60. The van der Waals surface area contributed by atoms with Gasteiger partial charge >= 0.3 is 0 Å². The predicted molar refractivity (Wildman–Crippen MR) is 85.9 cm³/mol. The smallest absolute Gasteiger partial charge is 0.211 e. The molecule has 0 aromatic heterocycles. The third-order valence-corrected chi connectivity index (χ3v) is 5.81. The summed E-state index contributed by atoms with van der Waals surface area (Å²) < 4.78 is 6.17. The summed E-state index contributed by atoms with van der Waals surface area (Å²) >= 11 is 0. The lowest BCUT2D eigenvalue weighted by atomic mass is 10.1. The van der Waals surface area contributed by atoms with Crippen molar-refractivity contribution in [2.24, 2.45) is 0 Å². The number of hydrogen-bond donors (Lipinski definition) is 0. The molecule has 0 fully saturated rings. The highest BCUT2D eigenvalue weighted by atomic mass is 28.3. The fraction of sp³-hybridized carbons (Fsp3) is 0.647. The Morgan fingerprint density at radius 2 is 1.53 bits per heavy atom. The summed E-state index contributed by atoms with van der Waals surface area (Å²) in [6.45, 7) is 5.50. The third kappa shape index (κ3) is 8.22. The Labute approximate surface area is 121 Å². The molecule has 0 aliphatic rings. The summed E-state index contributed by atoms with van der Waals surface area (Å²) in [7, 11) is -0.524. The minimum atomic E-state index is -0.524. The van der Waals surface area contributed by atoms with E-state index in [0.717, 1.165) is 19.4 Å². The second-order valence-electron chi connectivity index (χ2n) is 5.18. The van der Waals surface area contributed by atoms with Gasteiger partial charge in [0.15, 0.2) is 0 Å². The first-order chi connectivity index (χ1) is 9.36. The zero-order valence-electron chi connectivity index (χ0n) is 12.7. The maximum Gasteiger partial charge on any atom is 0.211 e. The van der Waals surface area contributed by atoms with Crippen LogP contribution in [0.25, 0.3) is 0 Å². The molecule has 0 unspecified atom stereocenters. The van der Waals surface area contributed by atoms with E-state index in [4.69, 9.17) is 4.43 Å². The Morgan fingerprint density at radius 1 is 0.895 bits per heavy atom. The van der Waals surface area contributed by atoms with Crippen molar-refractivity contribution in [1.82, 2.24) is 0 Å². The van der Waals surface area contributed by atoms with E-state index >= 15 is 0 Å². The standard InChI is InChI=1S/C17H29OSi/c1-3-5-15-19(16-6-4-2)18-14-10-13-17-11-8-7-9-12-17/h7-9,11-12H,3-6,10,13-16H2,1-2H3. The highest BCUT2D eigenvalue weighted by molar-refractivity contribution is 6.51. The Morgan fingerprint density at radius 3 is 2.11 bits per heavy atom. The molecule has 1 radical (unpaired) electrons. The van der Waals surface area contributed by atoms with Crippen LogP contribution in [0.15, 0.2) is 30.3 Å². The second-order valence-corrected chi connectivity index (χ2v) is 7.55. The van der Waals surface area contributed by atoms with Crippen LogP contribution >= 0.6 is 0 Å². The lowest BCUT2D eigenvalue weighted by Gasteiger charge is -2.15. The highest BCUT2D eigenvalue weighted by Gasteiger charge is 2.11. The second kappa shape index (κ2) is 11.2. The minimum absolute atomic E-state index is 0.524. The normalized spacial score (nSPS) is 11.1. The van der Waals surface area contributed by atoms with E-state index < -0.39 is 9.04 Å². The summed E-state index contributed by atoms with van der Waals surface area (Å²) in [5, 5.41) is 0. The largest absolute Gasteiger partial charge is 0.417 e. The van der Waals surface area contributed by atoms with Crippen LogP contribution in [-0.2, 0) is 10.8 Å². The van der Waals surface area contributed by atoms with E-state index in [2.05, 4.69) is 44.2 Å². The molecule has 0 aliphatic heterocycles. The van der Waals surface area contributed by atoms with Crippen LogP contribution in [0.5, 0.6) is 0 Å². The van der Waals surface area contributed by atoms with Gasteiger partial charge in [-0.3, -0.25) is 0 Å². The fourth-order valence-electron chi connectivity index (χ4n) is 2.15. The molecule has 0 N–H and O–H groups in total. The van der Waals surface area contributed by atoms with Gasteiger partial charge in [0.2, 0.25) is 9.04 Å². The van der Waals surface area contributed by atoms with Crippen LogP contribution in [0.4, 0.5) is 0 Å². The van der Waals surface area contributed by atoms with Crippen LogP contribution in [0.3, 0.4) is 0 Å². The highest BCUT2D eigenvalue weighted by Crippen LogP contribution is 2.12. The van der Waals surface area contributed by atoms with Gasteiger partial charge in [-0.1, -0.05) is 69.9 Å². The van der Waals surface area contributed by atoms with E-state index in [9.17, 15) is 0 Å². The van der Waals surface area contributed by atoms with Gasteiger partial charge < -0.3 is 4.43 Å². The Kier molecular flexibility index (Phi) is 9.73. The molecule has 0 saturated carbocycles. The van der Waals surface area contributed by atoms with E-state index in [1.54, 1.807) is 0 Å². The summed E-state index contributed by atoms with van der Waals surface area (Å²) in [4.78, 5) is 0. The van der Waals surface area contributed by atoms with Gasteiger partial charge in [-0.15, -0.1) is 0 Å². The summed E-state index contributed by atoms with van der Waals surface area (Å²) in [5.74, 6) is 0. The molecule has 19 heavy (non-hydrogen) atoms. The predicted octanol–water partition coefficient (Wildman–Crippen LogP) is 5.23. The molecule has 0 bridgehead atoms. The first-order valence-corrected chi connectivity index (χ1v) is 9.70. The third-order valence-electron chi connectivity index (χ3n) is 3.38. The fourth-order valence-corrected chi connectivity index (χ4v) is 4.62. The zero-order valence-corrected chi connectivity index (χ0v) is 13.7. The first kappa shape index (κ1) is 16.5. The van der Waals surface area contributed by atoms with Crippen molar-refractivity contribution in [3.63, 3.8) is 0 Å². The monoisotopic (exact) mass is 277 g/mol. The summed E-state index contributed by atoms with van der Waals surface area (Å²) in [5.41, 5.74) is 1.43. The number of rotatable bonds is 11. The first-order valence-electron chi connectivity index (χ1n) is 7.88. The molecule has 1 aromatic carbocycles. The molecule has 0 aliphatic carbocycles. The average Bonchev–Trinajstić information content (AvgIpc) is 2.46. The number of benzene rings is 1. The van der Waals surface area contributed by atoms with Crippen molar-refractivity contribution in [3.8, 4) is 0 Å². The minimum Gasteiger partial charge on any atom is -0.417 e. The van der Waals surface area contributed by atoms with Crippen LogP contribution < -0.4 is 0 Å². The molecule has 1 rings (SSSR count). The van der Waals surface area contributed by atoms with Gasteiger partial charge in [0.1, 0.15) is 0 Å². The average molecular weight is 278 g/mol. The van der Waals surface area contributed by atoms with Crippen LogP contribution in [-0.4, -0.2) is 15.6 Å². The molecule has 0 saturated heterocycles. The Bertz CT molecular complexity index is 291. The van der Waals surface area contributed by atoms with Crippen molar-refractivity contribution in [2.75, 3.05) is 6.61 Å². The van der Waals surface area contributed by atoms with Crippen molar-refractivity contribution < 1.29 is 4.43 Å². The Balaban J connectivity index is 2.16. The lowest BCUT2D eigenvalue weighted by molar-refractivity contribution is 0.309. The van der Waals surface area contributed by atoms with Crippen LogP contribution in [0, 0.1) is 0 Å². The molecule has 0 heterocycles. The van der Waals surface area contributed by atoms with Crippen LogP contribution in [0.2, 0.25) is 12.1 Å². The SMILES string of the molecule is CCCC[Si](CCCC)OCCCc1ccccc1. The van der Waals surface area contributed by atoms with Crippen LogP contribution in [0.1, 0.15) is 51.5 Å². The molecule has 0 atom stereocenters. The number of aryl methyl sites for hydroxylation is 1. The van der Waals surface area contributed by atoms with Gasteiger partial charge in [-0.05, 0) is 30.5 Å². The van der Waals surface area contributed by atoms with Crippen molar-refractivity contribution in [2.45, 2.75) is 64.5 Å². The van der Waals surface area contributed by atoms with E-state index in [-0.39, 0.29) is 0 Å². The number of hydrogen-bond acceptors (Lipinski definition) is 1. The Hall–Kier alpha value is -0.603. The van der Waals surface area contributed by atoms with Gasteiger partial charge in [-0.2, -0.15) is 0 Å². The zero-order chi connectivity index (χ0) is 13.8. The molecule has 1 aromatic rings. The number of unbranched alkanes of at least 4 members (excludes halogenated alkanes) is 2. The molecule has 0 spiro atoms. The van der Waals surface area contributed by atoms with E-state index in [0.29, 0.717) is 0 Å². The molecule has 107 valence electrons. The van der Waals surface area contributed by atoms with Gasteiger partial charge in [0.05, 0.1) is 0 Å². The molecular weight excluding hydrogens is 248 g/mol. The topological polar surface area (TPSA) is 9.23 Å². The van der Waals surface area contributed by atoms with E-state index in [1.807, 2.05) is 0 Å². The lowest BCUT2D eigenvalue weighted by Crippen LogP contribution is -2.18. The van der Waals surface area contributed by atoms with Crippen molar-refractivity contribution >= 4 is 9.04 Å². The maximum absolute atomic E-state index is 6.17. The van der Waals surface area contributed by atoms with Crippen molar-refractivity contribution in [1.29, 1.82) is 0 Å². The molecule has 1 nitrogen and oxygen atoms in total. The van der Waals surface area contributed by atoms with Gasteiger partial charge in [0, 0.05) is 6.61 Å². The molecular formula is C17H29OSi.